The number of hydrogen-bond acceptors (Lipinski definition) is 5. The normalized spacial score (nSPS) is 27.0. The van der Waals surface area contributed by atoms with Gasteiger partial charge in [0.1, 0.15) is 0 Å². The van der Waals surface area contributed by atoms with Crippen molar-refractivity contribution in [1.82, 2.24) is 10.3 Å². The first-order chi connectivity index (χ1) is 8.74. The van der Waals surface area contributed by atoms with E-state index < -0.39 is 4.92 Å². The van der Waals surface area contributed by atoms with Crippen LogP contribution >= 0.6 is 0 Å². The van der Waals surface area contributed by atoms with E-state index in [1.807, 2.05) is 0 Å². The average molecular weight is 248 g/mol. The zero-order valence-electron chi connectivity index (χ0n) is 10.1. The Hall–Kier alpha value is -1.69. The SMILES string of the molecule is O=[N+]([O-])c1ccc(N2C[C@@H]3CCCN[C@@H]3C2)cn1. The van der Waals surface area contributed by atoms with Crippen LogP contribution in [-0.4, -0.2) is 35.6 Å². The highest BCUT2D eigenvalue weighted by molar-refractivity contribution is 5.48. The molecular weight excluding hydrogens is 232 g/mol. The summed E-state index contributed by atoms with van der Waals surface area (Å²) in [5.41, 5.74) is 0.983. The van der Waals surface area contributed by atoms with E-state index in [0.717, 1.165) is 25.3 Å². The van der Waals surface area contributed by atoms with Crippen LogP contribution in [0.5, 0.6) is 0 Å². The standard InChI is InChI=1S/C12H16N4O2/c17-16(18)12-4-3-10(6-14-12)15-7-9-2-1-5-13-11(9)8-15/h3-4,6,9,11,13H,1-2,5,7-8H2/t9-,11+/m0/s1. The first-order valence-electron chi connectivity index (χ1n) is 6.33. The fraction of sp³-hybridized carbons (Fsp3) is 0.583. The van der Waals surface area contributed by atoms with Crippen molar-refractivity contribution in [2.24, 2.45) is 5.92 Å². The van der Waals surface area contributed by atoms with Crippen molar-refractivity contribution >= 4 is 11.5 Å². The van der Waals surface area contributed by atoms with Crippen molar-refractivity contribution in [3.05, 3.63) is 28.4 Å². The van der Waals surface area contributed by atoms with Crippen LogP contribution in [0.2, 0.25) is 0 Å². The van der Waals surface area contributed by atoms with E-state index in [9.17, 15) is 10.1 Å². The highest BCUT2D eigenvalue weighted by Crippen LogP contribution is 2.29. The van der Waals surface area contributed by atoms with Gasteiger partial charge in [-0.1, -0.05) is 0 Å². The highest BCUT2D eigenvalue weighted by Gasteiger charge is 2.34. The van der Waals surface area contributed by atoms with Gasteiger partial charge in [0.05, 0.1) is 5.69 Å². The molecule has 0 bridgehead atoms. The van der Waals surface area contributed by atoms with Crippen LogP contribution in [0.3, 0.4) is 0 Å². The lowest BCUT2D eigenvalue weighted by Crippen LogP contribution is -2.40. The zero-order valence-corrected chi connectivity index (χ0v) is 10.1. The topological polar surface area (TPSA) is 71.3 Å². The summed E-state index contributed by atoms with van der Waals surface area (Å²) in [5.74, 6) is 0.613. The van der Waals surface area contributed by atoms with Gasteiger partial charge in [0.25, 0.3) is 0 Å². The van der Waals surface area contributed by atoms with Gasteiger partial charge in [0.15, 0.2) is 6.20 Å². The summed E-state index contributed by atoms with van der Waals surface area (Å²) in [7, 11) is 0. The van der Waals surface area contributed by atoms with Crippen LogP contribution in [-0.2, 0) is 0 Å². The second kappa shape index (κ2) is 4.53. The Kier molecular flexibility index (Phi) is 2.87. The predicted octanol–water partition coefficient (Wildman–Crippen LogP) is 1.18. The summed E-state index contributed by atoms with van der Waals surface area (Å²) >= 11 is 0. The van der Waals surface area contributed by atoms with Gasteiger partial charge >= 0.3 is 5.82 Å². The van der Waals surface area contributed by atoms with Crippen molar-refractivity contribution in [2.45, 2.75) is 18.9 Å². The fourth-order valence-electron chi connectivity index (χ4n) is 2.93. The Labute approximate surface area is 105 Å². The van der Waals surface area contributed by atoms with Crippen LogP contribution in [0.4, 0.5) is 11.5 Å². The number of nitro groups is 1. The minimum absolute atomic E-state index is 0.0894. The predicted molar refractivity (Wildman–Crippen MR) is 67.6 cm³/mol. The summed E-state index contributed by atoms with van der Waals surface area (Å²) in [6, 6.07) is 3.83. The Bertz CT molecular complexity index is 434. The van der Waals surface area contributed by atoms with E-state index in [0.29, 0.717) is 12.0 Å². The summed E-state index contributed by atoms with van der Waals surface area (Å²) in [5, 5.41) is 14.1. The molecule has 18 heavy (non-hydrogen) atoms. The zero-order chi connectivity index (χ0) is 12.5. The first-order valence-corrected chi connectivity index (χ1v) is 6.33. The third-order valence-corrected chi connectivity index (χ3v) is 3.88. The second-order valence-corrected chi connectivity index (χ2v) is 5.00. The lowest BCUT2D eigenvalue weighted by Gasteiger charge is -2.24. The Balaban J connectivity index is 1.73. The van der Waals surface area contributed by atoms with Crippen LogP contribution in [0, 0.1) is 16.0 Å². The smallest absolute Gasteiger partial charge is 0.363 e. The molecule has 2 fully saturated rings. The molecule has 6 heteroatoms. The second-order valence-electron chi connectivity index (χ2n) is 5.00. The van der Waals surface area contributed by atoms with Crippen molar-refractivity contribution in [2.75, 3.05) is 24.5 Å². The number of rotatable bonds is 2. The van der Waals surface area contributed by atoms with E-state index in [2.05, 4.69) is 15.2 Å². The number of aromatic nitrogens is 1. The van der Waals surface area contributed by atoms with Crippen molar-refractivity contribution in [1.29, 1.82) is 0 Å². The number of anilines is 1. The fourth-order valence-corrected chi connectivity index (χ4v) is 2.93. The Morgan fingerprint density at radius 2 is 2.33 bits per heavy atom. The number of fused-ring (bicyclic) bond motifs is 1. The van der Waals surface area contributed by atoms with E-state index in [1.165, 1.54) is 18.9 Å². The van der Waals surface area contributed by atoms with Gasteiger partial charge in [-0.2, -0.15) is 0 Å². The Morgan fingerprint density at radius 1 is 1.44 bits per heavy atom. The molecule has 96 valence electrons. The number of hydrogen-bond donors (Lipinski definition) is 1. The summed E-state index contributed by atoms with van der Waals surface area (Å²) in [6.07, 6.45) is 4.12. The monoisotopic (exact) mass is 248 g/mol. The summed E-state index contributed by atoms with van der Waals surface area (Å²) in [4.78, 5) is 16.2. The lowest BCUT2D eigenvalue weighted by atomic mass is 9.94. The van der Waals surface area contributed by atoms with Gasteiger partial charge in [-0.25, -0.2) is 0 Å². The maximum Gasteiger partial charge on any atom is 0.363 e. The highest BCUT2D eigenvalue weighted by atomic mass is 16.6. The molecule has 0 radical (unpaired) electrons. The van der Waals surface area contributed by atoms with Crippen LogP contribution < -0.4 is 10.2 Å². The van der Waals surface area contributed by atoms with E-state index in [1.54, 1.807) is 12.3 Å². The lowest BCUT2D eigenvalue weighted by molar-refractivity contribution is -0.389. The van der Waals surface area contributed by atoms with Gasteiger partial charge in [-0.15, -0.1) is 0 Å². The number of nitrogens with zero attached hydrogens (tertiary/aromatic N) is 3. The molecule has 1 N–H and O–H groups in total. The molecule has 1 aromatic heterocycles. The van der Waals surface area contributed by atoms with Crippen molar-refractivity contribution in [3.8, 4) is 0 Å². The van der Waals surface area contributed by atoms with Gasteiger partial charge in [-0.3, -0.25) is 0 Å². The van der Waals surface area contributed by atoms with Crippen LogP contribution in [0.1, 0.15) is 12.8 Å². The quantitative estimate of drug-likeness (QED) is 0.628. The number of nitrogens with one attached hydrogen (secondary N) is 1. The first kappa shape index (κ1) is 11.4. The van der Waals surface area contributed by atoms with Gasteiger partial charge < -0.3 is 20.3 Å². The maximum atomic E-state index is 10.6. The molecule has 0 unspecified atom stereocenters. The van der Waals surface area contributed by atoms with Crippen molar-refractivity contribution < 1.29 is 4.92 Å². The van der Waals surface area contributed by atoms with Gasteiger partial charge in [0.2, 0.25) is 0 Å². The molecule has 2 aliphatic rings. The van der Waals surface area contributed by atoms with E-state index in [-0.39, 0.29) is 5.82 Å². The third kappa shape index (κ3) is 2.03. The molecule has 2 aliphatic heterocycles. The third-order valence-electron chi connectivity index (χ3n) is 3.88. The molecule has 1 aromatic rings. The largest absolute Gasteiger partial charge is 0.367 e. The molecule has 2 atom stereocenters. The summed E-state index contributed by atoms with van der Waals surface area (Å²) < 4.78 is 0. The molecule has 0 saturated carbocycles. The molecule has 0 amide bonds. The maximum absolute atomic E-state index is 10.6. The van der Waals surface area contributed by atoms with Crippen LogP contribution in [0.15, 0.2) is 18.3 Å². The van der Waals surface area contributed by atoms with Crippen LogP contribution in [0.25, 0.3) is 0 Å². The molecular formula is C12H16N4O2. The molecule has 0 aliphatic carbocycles. The molecule has 2 saturated heterocycles. The molecule has 3 rings (SSSR count). The number of piperidine rings is 1. The Morgan fingerprint density at radius 3 is 3.00 bits per heavy atom. The molecule has 0 aromatic carbocycles. The molecule has 0 spiro atoms. The molecule has 3 heterocycles. The summed E-state index contributed by atoms with van der Waals surface area (Å²) in [6.45, 7) is 3.11. The van der Waals surface area contributed by atoms with Crippen molar-refractivity contribution in [3.63, 3.8) is 0 Å². The average Bonchev–Trinajstić information content (AvgIpc) is 2.82. The number of pyridine rings is 1. The minimum Gasteiger partial charge on any atom is -0.367 e. The molecule has 6 nitrogen and oxygen atoms in total. The van der Waals surface area contributed by atoms with E-state index in [4.69, 9.17) is 0 Å². The van der Waals surface area contributed by atoms with Gasteiger partial charge in [0, 0.05) is 25.2 Å². The minimum atomic E-state index is -0.463. The van der Waals surface area contributed by atoms with Gasteiger partial charge in [-0.05, 0) is 41.3 Å². The van der Waals surface area contributed by atoms with E-state index >= 15 is 0 Å².